The summed E-state index contributed by atoms with van der Waals surface area (Å²) < 4.78 is 0. The average molecular weight is 315 g/mol. The highest BCUT2D eigenvalue weighted by Crippen LogP contribution is 2.33. The maximum Gasteiger partial charge on any atom is -0.0164 e. The fourth-order valence-electron chi connectivity index (χ4n) is 4.56. The van der Waals surface area contributed by atoms with E-state index in [2.05, 4.69) is 44.2 Å². The molecule has 1 aliphatic carbocycles. The Kier molecular flexibility index (Phi) is 8.79. The zero-order chi connectivity index (χ0) is 16.3. The normalized spacial score (nSPS) is 18.7. The molecule has 0 aliphatic heterocycles. The van der Waals surface area contributed by atoms with Crippen molar-refractivity contribution in [3.63, 3.8) is 0 Å². The first-order valence-corrected chi connectivity index (χ1v) is 10.4. The highest BCUT2D eigenvalue weighted by Gasteiger charge is 2.17. The van der Waals surface area contributed by atoms with E-state index >= 15 is 0 Å². The number of rotatable bonds is 10. The molecule has 0 spiro atoms. The topological polar surface area (TPSA) is 0 Å². The summed E-state index contributed by atoms with van der Waals surface area (Å²) in [6.07, 6.45) is 17.4. The molecule has 0 nitrogen and oxygen atoms in total. The number of benzene rings is 1. The summed E-state index contributed by atoms with van der Waals surface area (Å²) >= 11 is 0. The molecule has 2 atom stereocenters. The van der Waals surface area contributed by atoms with Crippen LogP contribution in [0.15, 0.2) is 30.3 Å². The molecule has 0 N–H and O–H groups in total. The molecule has 0 radical (unpaired) electrons. The predicted octanol–water partition coefficient (Wildman–Crippen LogP) is 7.74. The summed E-state index contributed by atoms with van der Waals surface area (Å²) in [7, 11) is 0. The minimum absolute atomic E-state index is 0.769. The summed E-state index contributed by atoms with van der Waals surface area (Å²) in [4.78, 5) is 0. The van der Waals surface area contributed by atoms with E-state index in [0.29, 0.717) is 0 Å². The predicted molar refractivity (Wildman–Crippen MR) is 103 cm³/mol. The van der Waals surface area contributed by atoms with E-state index in [-0.39, 0.29) is 0 Å². The first-order chi connectivity index (χ1) is 11.3. The first kappa shape index (κ1) is 18.6. The number of hydrogen-bond acceptors (Lipinski definition) is 0. The fourth-order valence-corrected chi connectivity index (χ4v) is 4.56. The van der Waals surface area contributed by atoms with Crippen LogP contribution in [-0.2, 0) is 0 Å². The van der Waals surface area contributed by atoms with E-state index in [1.54, 1.807) is 5.56 Å². The Bertz CT molecular complexity index is 388. The van der Waals surface area contributed by atoms with Crippen molar-refractivity contribution in [2.75, 3.05) is 0 Å². The molecular weight excluding hydrogens is 276 g/mol. The summed E-state index contributed by atoms with van der Waals surface area (Å²) in [6.45, 7) is 4.72. The lowest BCUT2D eigenvalue weighted by molar-refractivity contribution is 0.289. The van der Waals surface area contributed by atoms with Gasteiger partial charge in [-0.15, -0.1) is 0 Å². The van der Waals surface area contributed by atoms with E-state index in [1.807, 2.05) is 0 Å². The van der Waals surface area contributed by atoms with Crippen molar-refractivity contribution in [2.45, 2.75) is 96.8 Å². The van der Waals surface area contributed by atoms with Crippen molar-refractivity contribution < 1.29 is 0 Å². The highest BCUT2D eigenvalue weighted by atomic mass is 14.2. The Labute approximate surface area is 145 Å². The van der Waals surface area contributed by atoms with Gasteiger partial charge < -0.3 is 0 Å². The second kappa shape index (κ2) is 10.9. The van der Waals surface area contributed by atoms with E-state index < -0.39 is 0 Å². The quantitative estimate of drug-likeness (QED) is 0.414. The molecule has 130 valence electrons. The minimum atomic E-state index is 0.769. The van der Waals surface area contributed by atoms with Gasteiger partial charge in [0.2, 0.25) is 0 Å². The van der Waals surface area contributed by atoms with Gasteiger partial charge in [0.05, 0.1) is 0 Å². The molecule has 0 heteroatoms. The molecule has 0 aromatic heterocycles. The van der Waals surface area contributed by atoms with Gasteiger partial charge in [-0.05, 0) is 42.6 Å². The van der Waals surface area contributed by atoms with Crippen LogP contribution in [0.25, 0.3) is 0 Å². The van der Waals surface area contributed by atoms with Gasteiger partial charge in [0.25, 0.3) is 0 Å². The van der Waals surface area contributed by atoms with Crippen LogP contribution >= 0.6 is 0 Å². The Hall–Kier alpha value is -0.780. The largest absolute Gasteiger partial charge is 0.0654 e. The van der Waals surface area contributed by atoms with E-state index in [0.717, 1.165) is 17.8 Å². The zero-order valence-corrected chi connectivity index (χ0v) is 15.6. The van der Waals surface area contributed by atoms with Crippen molar-refractivity contribution in [2.24, 2.45) is 11.8 Å². The van der Waals surface area contributed by atoms with E-state index in [4.69, 9.17) is 0 Å². The first-order valence-electron chi connectivity index (χ1n) is 10.4. The van der Waals surface area contributed by atoms with Crippen LogP contribution in [-0.4, -0.2) is 0 Å². The third-order valence-electron chi connectivity index (χ3n) is 6.09. The van der Waals surface area contributed by atoms with Crippen molar-refractivity contribution >= 4 is 0 Å². The van der Waals surface area contributed by atoms with Gasteiger partial charge in [0.15, 0.2) is 0 Å². The minimum Gasteiger partial charge on any atom is -0.0654 e. The Morgan fingerprint density at radius 1 is 0.870 bits per heavy atom. The lowest BCUT2D eigenvalue weighted by atomic mass is 9.81. The van der Waals surface area contributed by atoms with Gasteiger partial charge in [-0.1, -0.05) is 102 Å². The molecule has 2 rings (SSSR count). The van der Waals surface area contributed by atoms with Gasteiger partial charge in [-0.2, -0.15) is 0 Å². The Morgan fingerprint density at radius 3 is 2.26 bits per heavy atom. The monoisotopic (exact) mass is 314 g/mol. The standard InChI is InChI=1S/C23H38/c1-3-11-20(16-17-21-12-7-5-8-13-21)18-19-22(4-2)23-14-9-6-10-15-23/h6,9-10,14-15,20-22H,3-5,7-8,11-13,16-19H2,1-2H3/t20-,22?/m0/s1. The van der Waals surface area contributed by atoms with Crippen LogP contribution in [0.1, 0.15) is 102 Å². The van der Waals surface area contributed by atoms with Gasteiger partial charge in [0, 0.05) is 0 Å². The van der Waals surface area contributed by atoms with Crippen LogP contribution in [0.4, 0.5) is 0 Å². The van der Waals surface area contributed by atoms with Crippen LogP contribution in [0.5, 0.6) is 0 Å². The lowest BCUT2D eigenvalue weighted by Crippen LogP contribution is -2.10. The smallest absolute Gasteiger partial charge is 0.0164 e. The molecule has 0 saturated heterocycles. The molecule has 1 unspecified atom stereocenters. The summed E-state index contributed by atoms with van der Waals surface area (Å²) in [5.41, 5.74) is 1.55. The molecule has 1 saturated carbocycles. The van der Waals surface area contributed by atoms with Crippen LogP contribution in [0.2, 0.25) is 0 Å². The summed E-state index contributed by atoms with van der Waals surface area (Å²) in [6, 6.07) is 11.2. The number of hydrogen-bond donors (Lipinski definition) is 0. The van der Waals surface area contributed by atoms with Crippen molar-refractivity contribution in [3.05, 3.63) is 35.9 Å². The Morgan fingerprint density at radius 2 is 1.61 bits per heavy atom. The van der Waals surface area contributed by atoms with Crippen molar-refractivity contribution in [3.8, 4) is 0 Å². The second-order valence-electron chi connectivity index (χ2n) is 7.83. The fraction of sp³-hybridized carbons (Fsp3) is 0.739. The van der Waals surface area contributed by atoms with Crippen LogP contribution in [0.3, 0.4) is 0 Å². The molecule has 1 aromatic carbocycles. The summed E-state index contributed by atoms with van der Waals surface area (Å²) in [5.74, 6) is 2.80. The third kappa shape index (κ3) is 6.69. The van der Waals surface area contributed by atoms with Crippen LogP contribution < -0.4 is 0 Å². The van der Waals surface area contributed by atoms with Crippen molar-refractivity contribution in [1.82, 2.24) is 0 Å². The molecule has 1 fully saturated rings. The summed E-state index contributed by atoms with van der Waals surface area (Å²) in [5, 5.41) is 0. The van der Waals surface area contributed by atoms with Gasteiger partial charge in [-0.25, -0.2) is 0 Å². The Balaban J connectivity index is 1.78. The van der Waals surface area contributed by atoms with Gasteiger partial charge in [0.1, 0.15) is 0 Å². The van der Waals surface area contributed by atoms with Gasteiger partial charge in [-0.3, -0.25) is 0 Å². The molecule has 1 aromatic rings. The molecule has 23 heavy (non-hydrogen) atoms. The third-order valence-corrected chi connectivity index (χ3v) is 6.09. The van der Waals surface area contributed by atoms with E-state index in [9.17, 15) is 0 Å². The molecule has 0 heterocycles. The maximum absolute atomic E-state index is 2.36. The maximum atomic E-state index is 2.36. The van der Waals surface area contributed by atoms with E-state index in [1.165, 1.54) is 77.0 Å². The average Bonchev–Trinajstić information content (AvgIpc) is 2.62. The zero-order valence-electron chi connectivity index (χ0n) is 15.6. The molecule has 0 amide bonds. The molecule has 0 bridgehead atoms. The van der Waals surface area contributed by atoms with Crippen molar-refractivity contribution in [1.29, 1.82) is 0 Å². The second-order valence-corrected chi connectivity index (χ2v) is 7.83. The van der Waals surface area contributed by atoms with Gasteiger partial charge >= 0.3 is 0 Å². The van der Waals surface area contributed by atoms with Crippen LogP contribution in [0, 0.1) is 11.8 Å². The lowest BCUT2D eigenvalue weighted by Gasteiger charge is -2.25. The SMILES string of the molecule is CCC[C@@H](CCC1CCCCC1)CCC(CC)c1ccccc1. The molecular formula is C23H38. The highest BCUT2D eigenvalue weighted by molar-refractivity contribution is 5.19. The molecule has 1 aliphatic rings.